The van der Waals surface area contributed by atoms with Crippen LogP contribution in [0.5, 0.6) is 11.5 Å². The average molecular weight is 551 g/mol. The van der Waals surface area contributed by atoms with Gasteiger partial charge >= 0.3 is 0 Å². The first-order chi connectivity index (χ1) is 19.5. The molecule has 216 valence electrons. The molecule has 8 heteroatoms. The van der Waals surface area contributed by atoms with E-state index in [4.69, 9.17) is 14.2 Å². The molecule has 0 bridgehead atoms. The minimum Gasteiger partial charge on any atom is -0.507 e. The van der Waals surface area contributed by atoms with E-state index in [2.05, 4.69) is 11.8 Å². The number of benzene rings is 2. The summed E-state index contributed by atoms with van der Waals surface area (Å²) in [5.41, 5.74) is 1.30. The lowest BCUT2D eigenvalue weighted by atomic mass is 9.95. The van der Waals surface area contributed by atoms with Crippen molar-refractivity contribution < 1.29 is 28.9 Å². The van der Waals surface area contributed by atoms with Gasteiger partial charge in [0.1, 0.15) is 17.3 Å². The molecule has 4 rings (SSSR count). The SMILES string of the molecule is CCCCCOc1cccc(C2C(=C(O)c3ccc(OCCC)cc3)C(=O)C(=O)N2CCCN2CCOCC2)c1. The number of Topliss-reactive ketones (excluding diaryl/α,β-unsaturated/α-hetero) is 1. The van der Waals surface area contributed by atoms with E-state index in [0.29, 0.717) is 56.5 Å². The first-order valence-corrected chi connectivity index (χ1v) is 14.6. The summed E-state index contributed by atoms with van der Waals surface area (Å²) in [4.78, 5) is 30.7. The Morgan fingerprint density at radius 1 is 0.900 bits per heavy atom. The topological polar surface area (TPSA) is 88.5 Å². The minimum atomic E-state index is -0.708. The molecule has 1 N–H and O–H groups in total. The molecule has 40 heavy (non-hydrogen) atoms. The van der Waals surface area contributed by atoms with Gasteiger partial charge in [-0.3, -0.25) is 14.5 Å². The fourth-order valence-electron chi connectivity index (χ4n) is 5.15. The zero-order chi connectivity index (χ0) is 28.3. The Balaban J connectivity index is 1.63. The van der Waals surface area contributed by atoms with E-state index in [-0.39, 0.29) is 11.3 Å². The summed E-state index contributed by atoms with van der Waals surface area (Å²) in [6.07, 6.45) is 4.75. The van der Waals surface area contributed by atoms with E-state index in [9.17, 15) is 14.7 Å². The number of ketones is 1. The van der Waals surface area contributed by atoms with Crippen molar-refractivity contribution in [3.8, 4) is 11.5 Å². The highest BCUT2D eigenvalue weighted by molar-refractivity contribution is 6.46. The molecule has 1 atom stereocenters. The standard InChI is InChI=1S/C32H42N2O6/c1-3-5-6-20-40-27-10-7-9-25(23-27)29-28(30(35)24-11-13-26(14-12-24)39-19-4-2)31(36)32(37)34(29)16-8-15-33-17-21-38-22-18-33/h7,9-14,23,29,35H,3-6,8,15-22H2,1-2H3. The van der Waals surface area contributed by atoms with Crippen LogP contribution in [0, 0.1) is 0 Å². The van der Waals surface area contributed by atoms with Gasteiger partial charge in [-0.1, -0.05) is 38.8 Å². The molecule has 2 saturated heterocycles. The number of morpholine rings is 1. The van der Waals surface area contributed by atoms with Crippen LogP contribution in [-0.2, 0) is 14.3 Å². The molecule has 2 heterocycles. The van der Waals surface area contributed by atoms with Crippen molar-refractivity contribution in [2.24, 2.45) is 0 Å². The van der Waals surface area contributed by atoms with Crippen molar-refractivity contribution in [1.82, 2.24) is 9.80 Å². The third-order valence-corrected chi connectivity index (χ3v) is 7.31. The Bertz CT molecular complexity index is 1160. The largest absolute Gasteiger partial charge is 0.507 e. The highest BCUT2D eigenvalue weighted by atomic mass is 16.5. The van der Waals surface area contributed by atoms with Gasteiger partial charge in [-0.25, -0.2) is 0 Å². The van der Waals surface area contributed by atoms with Crippen molar-refractivity contribution >= 4 is 17.4 Å². The molecule has 0 aliphatic carbocycles. The molecule has 2 fully saturated rings. The number of unbranched alkanes of at least 4 members (excludes halogenated alkanes) is 2. The summed E-state index contributed by atoms with van der Waals surface area (Å²) in [6.45, 7) is 9.71. The van der Waals surface area contributed by atoms with Crippen LogP contribution < -0.4 is 9.47 Å². The number of nitrogens with zero attached hydrogens (tertiary/aromatic N) is 2. The molecule has 2 aliphatic rings. The summed E-state index contributed by atoms with van der Waals surface area (Å²) < 4.78 is 17.1. The number of likely N-dealkylation sites (tertiary alicyclic amines) is 1. The molecule has 8 nitrogen and oxygen atoms in total. The van der Waals surface area contributed by atoms with Gasteiger partial charge < -0.3 is 24.2 Å². The predicted molar refractivity (Wildman–Crippen MR) is 155 cm³/mol. The van der Waals surface area contributed by atoms with Gasteiger partial charge in [0, 0.05) is 31.7 Å². The number of carbonyl (C=O) groups excluding carboxylic acids is 2. The lowest BCUT2D eigenvalue weighted by Crippen LogP contribution is -2.38. The monoisotopic (exact) mass is 550 g/mol. The maximum atomic E-state index is 13.4. The van der Waals surface area contributed by atoms with Crippen molar-refractivity contribution in [1.29, 1.82) is 0 Å². The number of carbonyl (C=O) groups is 2. The zero-order valence-corrected chi connectivity index (χ0v) is 23.8. The quantitative estimate of drug-likeness (QED) is 0.150. The third-order valence-electron chi connectivity index (χ3n) is 7.31. The first kappa shape index (κ1) is 29.6. The Kier molecular flexibility index (Phi) is 11.0. The maximum absolute atomic E-state index is 13.4. The summed E-state index contributed by atoms with van der Waals surface area (Å²) in [5, 5.41) is 11.4. The summed E-state index contributed by atoms with van der Waals surface area (Å²) >= 11 is 0. The zero-order valence-electron chi connectivity index (χ0n) is 23.8. The molecular formula is C32H42N2O6. The van der Waals surface area contributed by atoms with Crippen LogP contribution in [-0.4, -0.2) is 79.2 Å². The fraction of sp³-hybridized carbons (Fsp3) is 0.500. The van der Waals surface area contributed by atoms with Gasteiger partial charge in [-0.15, -0.1) is 0 Å². The van der Waals surface area contributed by atoms with Gasteiger partial charge in [-0.05, 0) is 61.2 Å². The molecule has 0 saturated carbocycles. The summed E-state index contributed by atoms with van der Waals surface area (Å²) in [5.74, 6) is -0.0770. The Labute approximate surface area is 237 Å². The fourth-order valence-corrected chi connectivity index (χ4v) is 5.15. The molecule has 0 spiro atoms. The van der Waals surface area contributed by atoms with Gasteiger partial charge in [-0.2, -0.15) is 0 Å². The Hall–Kier alpha value is -3.36. The smallest absolute Gasteiger partial charge is 0.295 e. The third kappa shape index (κ3) is 7.43. The summed E-state index contributed by atoms with van der Waals surface area (Å²) in [7, 11) is 0. The van der Waals surface area contributed by atoms with Crippen molar-refractivity contribution in [3.63, 3.8) is 0 Å². The number of amides is 1. The molecule has 0 aromatic heterocycles. The second-order valence-corrected chi connectivity index (χ2v) is 10.3. The highest BCUT2D eigenvalue weighted by Crippen LogP contribution is 2.40. The lowest BCUT2D eigenvalue weighted by molar-refractivity contribution is -0.140. The number of aliphatic hydroxyl groups is 1. The number of ether oxygens (including phenoxy) is 3. The predicted octanol–water partition coefficient (Wildman–Crippen LogP) is 5.19. The molecule has 2 aliphatic heterocycles. The van der Waals surface area contributed by atoms with Gasteiger partial charge in [0.05, 0.1) is 38.0 Å². The van der Waals surface area contributed by atoms with Gasteiger partial charge in [0.15, 0.2) is 0 Å². The van der Waals surface area contributed by atoms with Crippen molar-refractivity contribution in [3.05, 3.63) is 65.2 Å². The molecule has 1 unspecified atom stereocenters. The number of rotatable bonds is 14. The van der Waals surface area contributed by atoms with Gasteiger partial charge in [0.25, 0.3) is 11.7 Å². The van der Waals surface area contributed by atoms with E-state index in [1.165, 1.54) is 0 Å². The summed E-state index contributed by atoms with van der Waals surface area (Å²) in [6, 6.07) is 13.8. The van der Waals surface area contributed by atoms with Crippen LogP contribution in [0.1, 0.15) is 63.1 Å². The molecule has 2 aromatic carbocycles. The van der Waals surface area contributed by atoms with Gasteiger partial charge in [0.2, 0.25) is 0 Å². The van der Waals surface area contributed by atoms with E-state index in [1.54, 1.807) is 29.2 Å². The van der Waals surface area contributed by atoms with Crippen molar-refractivity contribution in [2.75, 3.05) is 52.6 Å². The molecular weight excluding hydrogens is 508 g/mol. The molecule has 1 amide bonds. The van der Waals surface area contributed by atoms with E-state index >= 15 is 0 Å². The highest BCUT2D eigenvalue weighted by Gasteiger charge is 2.46. The first-order valence-electron chi connectivity index (χ1n) is 14.6. The van der Waals surface area contributed by atoms with E-state index < -0.39 is 17.7 Å². The van der Waals surface area contributed by atoms with Crippen LogP contribution in [0.15, 0.2) is 54.1 Å². The molecule has 0 radical (unpaired) electrons. The van der Waals surface area contributed by atoms with Crippen LogP contribution in [0.3, 0.4) is 0 Å². The van der Waals surface area contributed by atoms with Crippen molar-refractivity contribution in [2.45, 2.75) is 52.0 Å². The Morgan fingerprint density at radius 2 is 1.65 bits per heavy atom. The number of hydrogen-bond donors (Lipinski definition) is 1. The van der Waals surface area contributed by atoms with Crippen LogP contribution in [0.25, 0.3) is 5.76 Å². The molecule has 2 aromatic rings. The lowest BCUT2D eigenvalue weighted by Gasteiger charge is -2.29. The van der Waals surface area contributed by atoms with Crippen LogP contribution >= 0.6 is 0 Å². The maximum Gasteiger partial charge on any atom is 0.295 e. The van der Waals surface area contributed by atoms with Crippen LogP contribution in [0.4, 0.5) is 0 Å². The second-order valence-electron chi connectivity index (χ2n) is 10.3. The average Bonchev–Trinajstić information content (AvgIpc) is 3.24. The van der Waals surface area contributed by atoms with Crippen LogP contribution in [0.2, 0.25) is 0 Å². The van der Waals surface area contributed by atoms with E-state index in [0.717, 1.165) is 50.9 Å². The number of aliphatic hydroxyl groups excluding tert-OH is 1. The minimum absolute atomic E-state index is 0.0988. The number of hydrogen-bond acceptors (Lipinski definition) is 7. The second kappa shape index (κ2) is 14.9. The Morgan fingerprint density at radius 3 is 2.38 bits per heavy atom. The van der Waals surface area contributed by atoms with E-state index in [1.807, 2.05) is 31.2 Å². The normalized spacial score (nSPS) is 19.2.